The minimum Gasteiger partial charge on any atom is -0.373 e. The van der Waals surface area contributed by atoms with Gasteiger partial charge in [0.2, 0.25) is 0 Å². The van der Waals surface area contributed by atoms with Crippen molar-refractivity contribution >= 4 is 12.6 Å². The zero-order valence-electron chi connectivity index (χ0n) is 13.1. The van der Waals surface area contributed by atoms with Crippen LogP contribution in [0, 0.1) is 0 Å². The van der Waals surface area contributed by atoms with Gasteiger partial charge in [-0.05, 0) is 51.0 Å². The molecule has 1 aromatic rings. The lowest BCUT2D eigenvalue weighted by atomic mass is 9.86. The van der Waals surface area contributed by atoms with E-state index in [1.165, 1.54) is 0 Å². The van der Waals surface area contributed by atoms with Crippen LogP contribution in [0.15, 0.2) is 35.2 Å². The fraction of sp³-hybridized carbons (Fsp3) is 0.625. The standard InChI is InChI=1S/C10H23N3O2.C6H6S/c11-4-1-9-10(2-5-12,3-6-13)15-8-7-14-9;7-6-4-2-1-3-5-6/h9H,1-8,11-13H2;1-5,7H. The molecule has 0 saturated carbocycles. The summed E-state index contributed by atoms with van der Waals surface area (Å²) in [6.45, 7) is 3.04. The third-order valence-corrected chi connectivity index (χ3v) is 4.00. The molecule has 22 heavy (non-hydrogen) atoms. The third kappa shape index (κ3) is 6.24. The summed E-state index contributed by atoms with van der Waals surface area (Å²) < 4.78 is 11.6. The first-order valence-corrected chi connectivity index (χ1v) is 8.23. The predicted molar refractivity (Wildman–Crippen MR) is 93.1 cm³/mol. The van der Waals surface area contributed by atoms with Crippen molar-refractivity contribution in [3.8, 4) is 0 Å². The van der Waals surface area contributed by atoms with E-state index >= 15 is 0 Å². The molecular weight excluding hydrogens is 298 g/mol. The van der Waals surface area contributed by atoms with E-state index < -0.39 is 0 Å². The summed E-state index contributed by atoms with van der Waals surface area (Å²) in [5.41, 5.74) is 16.5. The largest absolute Gasteiger partial charge is 0.373 e. The Kier molecular flexibility index (Phi) is 9.70. The second-order valence-electron chi connectivity index (χ2n) is 5.26. The molecule has 1 aromatic carbocycles. The lowest BCUT2D eigenvalue weighted by molar-refractivity contribution is -0.208. The Labute approximate surface area is 138 Å². The molecule has 1 aliphatic heterocycles. The molecule has 1 heterocycles. The summed E-state index contributed by atoms with van der Waals surface area (Å²) in [5, 5.41) is 0. The lowest BCUT2D eigenvalue weighted by Gasteiger charge is -2.43. The van der Waals surface area contributed by atoms with E-state index in [4.69, 9.17) is 26.7 Å². The van der Waals surface area contributed by atoms with Crippen LogP contribution in [-0.4, -0.2) is 44.6 Å². The summed E-state index contributed by atoms with van der Waals surface area (Å²) in [5.74, 6) is 0. The van der Waals surface area contributed by atoms with Crippen LogP contribution >= 0.6 is 12.6 Å². The smallest absolute Gasteiger partial charge is 0.0968 e. The van der Waals surface area contributed by atoms with Crippen molar-refractivity contribution in [2.75, 3.05) is 32.8 Å². The highest BCUT2D eigenvalue weighted by molar-refractivity contribution is 7.80. The van der Waals surface area contributed by atoms with Gasteiger partial charge >= 0.3 is 0 Å². The molecule has 0 aliphatic carbocycles. The number of thiol groups is 1. The second kappa shape index (κ2) is 11.0. The van der Waals surface area contributed by atoms with Crippen LogP contribution in [-0.2, 0) is 9.47 Å². The molecule has 1 saturated heterocycles. The summed E-state index contributed by atoms with van der Waals surface area (Å²) in [6.07, 6.45) is 2.42. The number of hydrogen-bond acceptors (Lipinski definition) is 6. The van der Waals surface area contributed by atoms with E-state index in [0.29, 0.717) is 32.8 Å². The number of nitrogens with two attached hydrogens (primary N) is 3. The maximum atomic E-state index is 5.87. The monoisotopic (exact) mass is 327 g/mol. The quantitative estimate of drug-likeness (QED) is 0.588. The molecule has 0 radical (unpaired) electrons. The molecule has 1 aliphatic rings. The van der Waals surface area contributed by atoms with Crippen LogP contribution in [0.5, 0.6) is 0 Å². The molecule has 0 spiro atoms. The van der Waals surface area contributed by atoms with Crippen molar-refractivity contribution in [2.24, 2.45) is 17.2 Å². The highest BCUT2D eigenvalue weighted by Gasteiger charge is 2.41. The highest BCUT2D eigenvalue weighted by Crippen LogP contribution is 2.31. The van der Waals surface area contributed by atoms with Gasteiger partial charge < -0.3 is 26.7 Å². The Morgan fingerprint density at radius 3 is 2.09 bits per heavy atom. The van der Waals surface area contributed by atoms with E-state index in [0.717, 1.165) is 24.2 Å². The second-order valence-corrected chi connectivity index (χ2v) is 5.78. The fourth-order valence-electron chi connectivity index (χ4n) is 2.69. The van der Waals surface area contributed by atoms with Crippen molar-refractivity contribution in [1.29, 1.82) is 0 Å². The Morgan fingerprint density at radius 1 is 1.00 bits per heavy atom. The topological polar surface area (TPSA) is 96.5 Å². The average Bonchev–Trinajstić information content (AvgIpc) is 2.52. The molecule has 0 bridgehead atoms. The molecule has 6 N–H and O–H groups in total. The first kappa shape index (κ1) is 19.4. The van der Waals surface area contributed by atoms with Crippen LogP contribution in [0.25, 0.3) is 0 Å². The van der Waals surface area contributed by atoms with E-state index in [-0.39, 0.29) is 11.7 Å². The van der Waals surface area contributed by atoms with Crippen LogP contribution in [0.1, 0.15) is 19.3 Å². The predicted octanol–water partition coefficient (Wildman–Crippen LogP) is 1.16. The molecule has 2 rings (SSSR count). The van der Waals surface area contributed by atoms with Gasteiger partial charge in [0.1, 0.15) is 0 Å². The summed E-state index contributed by atoms with van der Waals surface area (Å²) in [6, 6.07) is 9.79. The molecule has 1 unspecified atom stereocenters. The Balaban J connectivity index is 0.000000287. The Bertz CT molecular complexity index is 379. The van der Waals surface area contributed by atoms with Crippen molar-refractivity contribution in [1.82, 2.24) is 0 Å². The first-order valence-electron chi connectivity index (χ1n) is 7.78. The number of ether oxygens (including phenoxy) is 2. The molecule has 126 valence electrons. The number of hydrogen-bond donors (Lipinski definition) is 4. The minimum absolute atomic E-state index is 0.0448. The average molecular weight is 327 g/mol. The van der Waals surface area contributed by atoms with Crippen LogP contribution < -0.4 is 17.2 Å². The van der Waals surface area contributed by atoms with Crippen molar-refractivity contribution in [2.45, 2.75) is 35.9 Å². The minimum atomic E-state index is -0.304. The van der Waals surface area contributed by atoms with Crippen molar-refractivity contribution in [3.05, 3.63) is 30.3 Å². The van der Waals surface area contributed by atoms with Crippen molar-refractivity contribution < 1.29 is 9.47 Å². The van der Waals surface area contributed by atoms with Gasteiger partial charge in [-0.2, -0.15) is 0 Å². The molecular formula is C16H29N3O2S. The van der Waals surface area contributed by atoms with Gasteiger partial charge in [-0.15, -0.1) is 12.6 Å². The molecule has 1 atom stereocenters. The SMILES string of the molecule is NCCC1OCCOC1(CCN)CCN.Sc1ccccc1. The molecule has 1 fully saturated rings. The first-order chi connectivity index (χ1) is 10.7. The van der Waals surface area contributed by atoms with E-state index in [2.05, 4.69) is 12.6 Å². The molecule has 5 nitrogen and oxygen atoms in total. The molecule has 0 aromatic heterocycles. The Hall–Kier alpha value is -0.630. The maximum absolute atomic E-state index is 5.87. The summed E-state index contributed by atoms with van der Waals surface area (Å²) in [4.78, 5) is 1.02. The van der Waals surface area contributed by atoms with Gasteiger partial charge in [-0.3, -0.25) is 0 Å². The maximum Gasteiger partial charge on any atom is 0.0968 e. The zero-order chi connectivity index (χ0) is 16.3. The van der Waals surface area contributed by atoms with Crippen LogP contribution in [0.2, 0.25) is 0 Å². The summed E-state index contributed by atoms with van der Waals surface area (Å²) >= 11 is 4.08. The molecule has 0 amide bonds. The molecule has 6 heteroatoms. The van der Waals surface area contributed by atoms with E-state index in [9.17, 15) is 0 Å². The van der Waals surface area contributed by atoms with Gasteiger partial charge in [-0.25, -0.2) is 0 Å². The van der Waals surface area contributed by atoms with E-state index in [1.54, 1.807) is 0 Å². The Morgan fingerprint density at radius 2 is 1.64 bits per heavy atom. The number of benzene rings is 1. The summed E-state index contributed by atoms with van der Waals surface area (Å²) in [7, 11) is 0. The number of rotatable bonds is 6. The van der Waals surface area contributed by atoms with Crippen molar-refractivity contribution in [3.63, 3.8) is 0 Å². The van der Waals surface area contributed by atoms with E-state index in [1.807, 2.05) is 30.3 Å². The van der Waals surface area contributed by atoms with Crippen LogP contribution in [0.4, 0.5) is 0 Å². The van der Waals surface area contributed by atoms with Gasteiger partial charge in [-0.1, -0.05) is 18.2 Å². The normalized spacial score (nSPS) is 20.1. The van der Waals surface area contributed by atoms with Crippen LogP contribution in [0.3, 0.4) is 0 Å². The van der Waals surface area contributed by atoms with Gasteiger partial charge in [0.15, 0.2) is 0 Å². The van der Waals surface area contributed by atoms with Gasteiger partial charge in [0.25, 0.3) is 0 Å². The zero-order valence-corrected chi connectivity index (χ0v) is 14.0. The third-order valence-electron chi connectivity index (χ3n) is 3.70. The van der Waals surface area contributed by atoms with Gasteiger partial charge in [0.05, 0.1) is 24.9 Å². The van der Waals surface area contributed by atoms with Gasteiger partial charge in [0, 0.05) is 4.90 Å². The fourth-order valence-corrected chi connectivity index (χ4v) is 2.86. The lowest BCUT2D eigenvalue weighted by Crippen LogP contribution is -2.53. The highest BCUT2D eigenvalue weighted by atomic mass is 32.1.